The van der Waals surface area contributed by atoms with Gasteiger partial charge in [0.15, 0.2) is 0 Å². The predicted molar refractivity (Wildman–Crippen MR) is 165 cm³/mol. The lowest BCUT2D eigenvalue weighted by Gasteiger charge is -2.18. The lowest BCUT2D eigenvalue weighted by Crippen LogP contribution is -2.19. The summed E-state index contributed by atoms with van der Waals surface area (Å²) in [5, 5.41) is 13.3. The van der Waals surface area contributed by atoms with Crippen molar-refractivity contribution in [3.05, 3.63) is 116 Å². The van der Waals surface area contributed by atoms with Crippen LogP contribution in [-0.2, 0) is 4.79 Å². The van der Waals surface area contributed by atoms with E-state index in [4.69, 9.17) is 51.1 Å². The molecular weight excluding hydrogens is 630 g/mol. The molecule has 0 saturated carbocycles. The molecule has 2 amide bonds. The number of hydrogen-bond acceptors (Lipinski definition) is 5. The monoisotopic (exact) mass is 648 g/mol. The second-order valence-electron chi connectivity index (χ2n) is 8.42. The topological polar surface area (TPSA) is 105 Å². The zero-order valence-electron chi connectivity index (χ0n) is 21.1. The van der Waals surface area contributed by atoms with Gasteiger partial charge in [-0.1, -0.05) is 76.7 Å². The van der Waals surface area contributed by atoms with Crippen molar-refractivity contribution in [2.45, 2.75) is 10.1 Å². The number of rotatable bonds is 9. The molecule has 4 aromatic rings. The van der Waals surface area contributed by atoms with Gasteiger partial charge in [-0.05, 0) is 54.1 Å². The molecule has 7 nitrogen and oxygen atoms in total. The molecule has 1 unspecified atom stereocenters. The van der Waals surface area contributed by atoms with Crippen LogP contribution in [0.25, 0.3) is 0 Å². The molecule has 0 spiro atoms. The maximum Gasteiger partial charge on any atom is 0.338 e. The summed E-state index contributed by atoms with van der Waals surface area (Å²) in [6.45, 7) is 0. The molecule has 0 aliphatic rings. The number of amides is 2. The van der Waals surface area contributed by atoms with Crippen LogP contribution < -0.4 is 15.4 Å². The van der Waals surface area contributed by atoms with Crippen molar-refractivity contribution in [1.82, 2.24) is 0 Å². The Labute approximate surface area is 259 Å². The fourth-order valence-corrected chi connectivity index (χ4v) is 5.82. The zero-order valence-corrected chi connectivity index (χ0v) is 24.9. The summed E-state index contributed by atoms with van der Waals surface area (Å²) in [5.74, 6) is -1.88. The quantitative estimate of drug-likeness (QED) is 0.0951. The Kier molecular flexibility index (Phi) is 10.1. The van der Waals surface area contributed by atoms with Crippen LogP contribution in [-0.4, -0.2) is 30.0 Å². The highest BCUT2D eigenvalue weighted by Gasteiger charge is 2.29. The molecule has 41 heavy (non-hydrogen) atoms. The highest BCUT2D eigenvalue weighted by atomic mass is 35.5. The molecule has 0 radical (unpaired) electrons. The first-order valence-corrected chi connectivity index (χ1v) is 14.2. The first kappa shape index (κ1) is 30.6. The van der Waals surface area contributed by atoms with Crippen LogP contribution in [0, 0.1) is 0 Å². The normalized spacial score (nSPS) is 11.4. The predicted octanol–water partition coefficient (Wildman–Crippen LogP) is 8.73. The van der Waals surface area contributed by atoms with E-state index in [1.54, 1.807) is 55.6 Å². The average Bonchev–Trinajstić information content (AvgIpc) is 2.97. The van der Waals surface area contributed by atoms with Crippen molar-refractivity contribution in [2.24, 2.45) is 0 Å². The number of anilines is 2. The molecule has 0 aliphatic carbocycles. The van der Waals surface area contributed by atoms with Crippen LogP contribution in [0.15, 0.2) is 83.8 Å². The van der Waals surface area contributed by atoms with E-state index in [1.807, 2.05) is 30.3 Å². The molecule has 0 bridgehead atoms. The Morgan fingerprint density at radius 1 is 0.732 bits per heavy atom. The molecule has 0 aromatic heterocycles. The number of benzene rings is 4. The van der Waals surface area contributed by atoms with Crippen LogP contribution in [0.3, 0.4) is 0 Å². The summed E-state index contributed by atoms with van der Waals surface area (Å²) in [6, 6.07) is 23.0. The SMILES string of the molecule is COc1ccc(NC(=O)C(Sc2ccc(NC(=O)c3c(Cl)c(Cl)c(Cl)c(Cl)c3C(=O)O)cc2)c2ccccc2)cc1. The molecule has 0 aliphatic heterocycles. The highest BCUT2D eigenvalue weighted by Crippen LogP contribution is 2.42. The minimum Gasteiger partial charge on any atom is -0.497 e. The number of carbonyl (C=O) groups excluding carboxylic acids is 2. The molecule has 210 valence electrons. The Morgan fingerprint density at radius 3 is 1.83 bits per heavy atom. The van der Waals surface area contributed by atoms with E-state index < -0.39 is 33.3 Å². The highest BCUT2D eigenvalue weighted by molar-refractivity contribution is 8.00. The minimum absolute atomic E-state index is 0.226. The van der Waals surface area contributed by atoms with Crippen LogP contribution in [0.1, 0.15) is 31.5 Å². The second kappa shape index (κ2) is 13.5. The van der Waals surface area contributed by atoms with Crippen molar-refractivity contribution < 1.29 is 24.2 Å². The summed E-state index contributed by atoms with van der Waals surface area (Å²) in [4.78, 5) is 38.9. The number of ether oxygens (including phenoxy) is 1. The Morgan fingerprint density at radius 2 is 1.27 bits per heavy atom. The van der Waals surface area contributed by atoms with Gasteiger partial charge in [0.1, 0.15) is 11.0 Å². The first-order chi connectivity index (χ1) is 19.6. The fourth-order valence-electron chi connectivity index (χ4n) is 3.78. The smallest absolute Gasteiger partial charge is 0.338 e. The van der Waals surface area contributed by atoms with E-state index in [0.717, 1.165) is 10.5 Å². The van der Waals surface area contributed by atoms with Crippen molar-refractivity contribution in [3.8, 4) is 5.75 Å². The maximum atomic E-state index is 13.3. The van der Waals surface area contributed by atoms with Gasteiger partial charge in [-0.2, -0.15) is 0 Å². The molecule has 12 heteroatoms. The van der Waals surface area contributed by atoms with E-state index in [2.05, 4.69) is 10.6 Å². The van der Waals surface area contributed by atoms with Crippen molar-refractivity contribution in [2.75, 3.05) is 17.7 Å². The van der Waals surface area contributed by atoms with E-state index in [1.165, 1.54) is 11.8 Å². The van der Waals surface area contributed by atoms with Gasteiger partial charge in [-0.25, -0.2) is 4.79 Å². The molecular formula is C29H20Cl4N2O5S. The average molecular weight is 650 g/mol. The largest absolute Gasteiger partial charge is 0.497 e. The molecule has 1 atom stereocenters. The van der Waals surface area contributed by atoms with Gasteiger partial charge < -0.3 is 20.5 Å². The number of thioether (sulfide) groups is 1. The summed E-state index contributed by atoms with van der Waals surface area (Å²) >= 11 is 25.6. The molecule has 4 rings (SSSR count). The zero-order chi connectivity index (χ0) is 29.7. The number of hydrogen-bond donors (Lipinski definition) is 3. The Balaban J connectivity index is 1.54. The van der Waals surface area contributed by atoms with Crippen molar-refractivity contribution in [3.63, 3.8) is 0 Å². The van der Waals surface area contributed by atoms with Crippen LogP contribution in [0.4, 0.5) is 11.4 Å². The Hall–Kier alpha value is -3.40. The van der Waals surface area contributed by atoms with Crippen LogP contribution in [0.2, 0.25) is 20.1 Å². The summed E-state index contributed by atoms with van der Waals surface area (Å²) < 4.78 is 5.17. The first-order valence-electron chi connectivity index (χ1n) is 11.8. The molecule has 0 fully saturated rings. The molecule has 3 N–H and O–H groups in total. The van der Waals surface area contributed by atoms with Gasteiger partial charge in [0, 0.05) is 16.3 Å². The lowest BCUT2D eigenvalue weighted by molar-refractivity contribution is -0.115. The third kappa shape index (κ3) is 7.09. The fraction of sp³-hybridized carbons (Fsp3) is 0.0690. The number of aromatic carboxylic acids is 1. The Bertz CT molecular complexity index is 1600. The molecule has 4 aromatic carbocycles. The third-order valence-corrected chi connectivity index (χ3v) is 8.84. The maximum absolute atomic E-state index is 13.3. The van der Waals surface area contributed by atoms with E-state index in [9.17, 15) is 19.5 Å². The second-order valence-corrected chi connectivity index (χ2v) is 11.1. The summed E-state index contributed by atoms with van der Waals surface area (Å²) in [6.07, 6.45) is 0. The number of carboxylic acids is 1. The standard InChI is InChI=1S/C29H20Cl4N2O5S/c1-40-18-11-7-16(8-12-18)35-28(37)26(15-5-3-2-4-6-15)41-19-13-9-17(10-14-19)34-27(36)20-21(29(38)39)23(31)25(33)24(32)22(20)30/h2-14,26H,1H3,(H,34,36)(H,35,37)(H,38,39). The summed E-state index contributed by atoms with van der Waals surface area (Å²) in [7, 11) is 1.57. The van der Waals surface area contributed by atoms with Gasteiger partial charge >= 0.3 is 5.97 Å². The lowest BCUT2D eigenvalue weighted by atomic mass is 10.1. The van der Waals surface area contributed by atoms with Crippen molar-refractivity contribution in [1.29, 1.82) is 0 Å². The van der Waals surface area contributed by atoms with Crippen LogP contribution in [0.5, 0.6) is 5.75 Å². The number of halogens is 4. The molecule has 0 saturated heterocycles. The number of nitrogens with one attached hydrogen (secondary N) is 2. The number of methoxy groups -OCH3 is 1. The third-order valence-electron chi connectivity index (χ3n) is 5.77. The van der Waals surface area contributed by atoms with E-state index >= 15 is 0 Å². The van der Waals surface area contributed by atoms with Gasteiger partial charge in [0.25, 0.3) is 5.91 Å². The van der Waals surface area contributed by atoms with E-state index in [-0.39, 0.29) is 21.0 Å². The van der Waals surface area contributed by atoms with Crippen LogP contribution >= 0.6 is 58.2 Å². The number of carbonyl (C=O) groups is 3. The van der Waals surface area contributed by atoms with E-state index in [0.29, 0.717) is 17.1 Å². The minimum atomic E-state index is -1.49. The van der Waals surface area contributed by atoms with Gasteiger partial charge in [0.2, 0.25) is 5.91 Å². The van der Waals surface area contributed by atoms with Gasteiger partial charge in [-0.15, -0.1) is 11.8 Å². The molecule has 0 heterocycles. The summed E-state index contributed by atoms with van der Waals surface area (Å²) in [5.41, 5.74) is 0.777. The van der Waals surface area contributed by atoms with Gasteiger partial charge in [0.05, 0.1) is 38.3 Å². The van der Waals surface area contributed by atoms with Crippen molar-refractivity contribution >= 4 is 87.3 Å². The van der Waals surface area contributed by atoms with Gasteiger partial charge in [-0.3, -0.25) is 9.59 Å². The number of carboxylic acid groups (broad SMARTS) is 1.